The number of hydrogen-bond donors (Lipinski definition) is 0. The first kappa shape index (κ1) is 30.0. The molecule has 5 saturated carbocycles. The van der Waals surface area contributed by atoms with Crippen molar-refractivity contribution in [2.75, 3.05) is 0 Å². The SMILES string of the molecule is CCC1CC(C)CCC1C1CCC(C)C1.CCCCC1C(C)CC2CCCC2C1C1CCC(CC)CC1. The highest BCUT2D eigenvalue weighted by Gasteiger charge is 2.47. The molecule has 10 atom stereocenters. The van der Waals surface area contributed by atoms with Crippen molar-refractivity contribution in [2.24, 2.45) is 71.0 Å². The lowest BCUT2D eigenvalue weighted by Crippen LogP contribution is -2.42. The Kier molecular flexibility index (Phi) is 11.8. The Balaban J connectivity index is 0.000000186. The van der Waals surface area contributed by atoms with E-state index in [-0.39, 0.29) is 0 Å². The molecule has 37 heavy (non-hydrogen) atoms. The molecule has 0 aromatic heterocycles. The lowest BCUT2D eigenvalue weighted by Gasteiger charge is -2.49. The minimum Gasteiger partial charge on any atom is -0.0654 e. The Labute approximate surface area is 234 Å². The molecule has 0 N–H and O–H groups in total. The second-order valence-corrected chi connectivity index (χ2v) is 15.6. The van der Waals surface area contributed by atoms with E-state index in [1.165, 1.54) is 64.2 Å². The molecule has 0 spiro atoms. The zero-order chi connectivity index (χ0) is 26.4. The molecule has 0 saturated heterocycles. The van der Waals surface area contributed by atoms with Crippen molar-refractivity contribution in [1.29, 1.82) is 0 Å². The van der Waals surface area contributed by atoms with Gasteiger partial charge in [0.1, 0.15) is 0 Å². The van der Waals surface area contributed by atoms with Gasteiger partial charge in [0.2, 0.25) is 0 Å². The maximum Gasteiger partial charge on any atom is -0.0324 e. The lowest BCUT2D eigenvalue weighted by molar-refractivity contribution is -0.00258. The van der Waals surface area contributed by atoms with Crippen LogP contribution < -0.4 is 0 Å². The summed E-state index contributed by atoms with van der Waals surface area (Å²) in [6.45, 7) is 14.7. The quantitative estimate of drug-likeness (QED) is 0.318. The molecule has 5 aliphatic rings. The van der Waals surface area contributed by atoms with Crippen LogP contribution in [0.15, 0.2) is 0 Å². The summed E-state index contributed by atoms with van der Waals surface area (Å²) in [5, 5.41) is 0. The van der Waals surface area contributed by atoms with Crippen molar-refractivity contribution < 1.29 is 0 Å². The minimum atomic E-state index is 1.00. The summed E-state index contributed by atoms with van der Waals surface area (Å²) in [4.78, 5) is 0. The van der Waals surface area contributed by atoms with E-state index in [9.17, 15) is 0 Å². The molecule has 10 unspecified atom stereocenters. The van der Waals surface area contributed by atoms with E-state index in [1.54, 1.807) is 57.8 Å². The third-order valence-corrected chi connectivity index (χ3v) is 13.2. The normalized spacial score (nSPS) is 46.2. The highest BCUT2D eigenvalue weighted by Crippen LogP contribution is 2.56. The largest absolute Gasteiger partial charge is 0.0654 e. The zero-order valence-electron chi connectivity index (χ0n) is 26.4. The van der Waals surface area contributed by atoms with Crippen molar-refractivity contribution in [3.05, 3.63) is 0 Å². The monoisotopic (exact) mass is 513 g/mol. The van der Waals surface area contributed by atoms with Gasteiger partial charge < -0.3 is 0 Å². The lowest BCUT2D eigenvalue weighted by atomic mass is 9.56. The summed E-state index contributed by atoms with van der Waals surface area (Å²) in [7, 11) is 0. The van der Waals surface area contributed by atoms with Gasteiger partial charge in [-0.3, -0.25) is 0 Å². The first-order valence-electron chi connectivity index (χ1n) is 17.9. The third kappa shape index (κ3) is 7.60. The van der Waals surface area contributed by atoms with Gasteiger partial charge in [-0.25, -0.2) is 0 Å². The Morgan fingerprint density at radius 3 is 1.89 bits per heavy atom. The molecular formula is C37H68. The molecule has 0 radical (unpaired) electrons. The van der Waals surface area contributed by atoms with Gasteiger partial charge in [0.15, 0.2) is 0 Å². The molecule has 216 valence electrons. The number of hydrogen-bond acceptors (Lipinski definition) is 0. The van der Waals surface area contributed by atoms with Crippen LogP contribution in [0.25, 0.3) is 0 Å². The smallest absolute Gasteiger partial charge is 0.0324 e. The fraction of sp³-hybridized carbons (Fsp3) is 1.00. The van der Waals surface area contributed by atoms with Crippen molar-refractivity contribution in [3.63, 3.8) is 0 Å². The van der Waals surface area contributed by atoms with Crippen LogP contribution in [0.4, 0.5) is 0 Å². The number of fused-ring (bicyclic) bond motifs is 1. The average Bonchev–Trinajstić information content (AvgIpc) is 3.56. The summed E-state index contributed by atoms with van der Waals surface area (Å²) in [6.07, 6.45) is 28.9. The van der Waals surface area contributed by atoms with Crippen LogP contribution in [0, 0.1) is 71.0 Å². The van der Waals surface area contributed by atoms with Gasteiger partial charge >= 0.3 is 0 Å². The van der Waals surface area contributed by atoms with Crippen LogP contribution in [-0.2, 0) is 0 Å². The first-order chi connectivity index (χ1) is 17.9. The molecule has 0 aliphatic heterocycles. The van der Waals surface area contributed by atoms with E-state index in [0.29, 0.717) is 0 Å². The Morgan fingerprint density at radius 2 is 1.24 bits per heavy atom. The molecular weight excluding hydrogens is 444 g/mol. The third-order valence-electron chi connectivity index (χ3n) is 13.2. The van der Waals surface area contributed by atoms with Gasteiger partial charge in [-0.2, -0.15) is 0 Å². The Morgan fingerprint density at radius 1 is 0.568 bits per heavy atom. The van der Waals surface area contributed by atoms with Gasteiger partial charge in [0, 0.05) is 0 Å². The molecule has 0 bridgehead atoms. The molecule has 0 heterocycles. The van der Waals surface area contributed by atoms with Crippen molar-refractivity contribution in [3.8, 4) is 0 Å². The van der Waals surface area contributed by atoms with Crippen LogP contribution in [0.1, 0.15) is 164 Å². The van der Waals surface area contributed by atoms with Crippen LogP contribution in [0.2, 0.25) is 0 Å². The van der Waals surface area contributed by atoms with Gasteiger partial charge in [-0.1, -0.05) is 106 Å². The summed E-state index contributed by atoms with van der Waals surface area (Å²) in [5.41, 5.74) is 0. The average molecular weight is 513 g/mol. The molecule has 0 heteroatoms. The van der Waals surface area contributed by atoms with Crippen LogP contribution in [0.3, 0.4) is 0 Å². The highest BCUT2D eigenvalue weighted by atomic mass is 14.5. The second-order valence-electron chi connectivity index (χ2n) is 15.6. The van der Waals surface area contributed by atoms with Gasteiger partial charge in [0.05, 0.1) is 0 Å². The number of rotatable bonds is 7. The second kappa shape index (κ2) is 14.6. The molecule has 5 fully saturated rings. The number of unbranched alkanes of at least 4 members (excludes halogenated alkanes) is 1. The van der Waals surface area contributed by atoms with Crippen molar-refractivity contribution in [1.82, 2.24) is 0 Å². The first-order valence-corrected chi connectivity index (χ1v) is 17.9. The topological polar surface area (TPSA) is 0 Å². The summed E-state index contributed by atoms with van der Waals surface area (Å²) in [5.74, 6) is 12.9. The minimum absolute atomic E-state index is 1.00. The van der Waals surface area contributed by atoms with E-state index in [4.69, 9.17) is 0 Å². The maximum absolute atomic E-state index is 2.61. The van der Waals surface area contributed by atoms with E-state index in [2.05, 4.69) is 41.5 Å². The summed E-state index contributed by atoms with van der Waals surface area (Å²) >= 11 is 0. The van der Waals surface area contributed by atoms with E-state index < -0.39 is 0 Å². The molecule has 0 aromatic rings. The van der Waals surface area contributed by atoms with Crippen LogP contribution >= 0.6 is 0 Å². The van der Waals surface area contributed by atoms with E-state index in [0.717, 1.165) is 71.0 Å². The fourth-order valence-electron chi connectivity index (χ4n) is 11.1. The Bertz CT molecular complexity index is 626. The summed E-state index contributed by atoms with van der Waals surface area (Å²) < 4.78 is 0. The predicted molar refractivity (Wildman–Crippen MR) is 164 cm³/mol. The zero-order valence-corrected chi connectivity index (χ0v) is 26.4. The van der Waals surface area contributed by atoms with Crippen molar-refractivity contribution in [2.45, 2.75) is 164 Å². The van der Waals surface area contributed by atoms with Crippen LogP contribution in [-0.4, -0.2) is 0 Å². The van der Waals surface area contributed by atoms with Gasteiger partial charge in [0.25, 0.3) is 0 Å². The van der Waals surface area contributed by atoms with E-state index >= 15 is 0 Å². The molecule has 5 aliphatic carbocycles. The van der Waals surface area contributed by atoms with Crippen molar-refractivity contribution >= 4 is 0 Å². The van der Waals surface area contributed by atoms with Crippen LogP contribution in [0.5, 0.6) is 0 Å². The van der Waals surface area contributed by atoms with E-state index in [1.807, 2.05) is 0 Å². The summed E-state index contributed by atoms with van der Waals surface area (Å²) in [6, 6.07) is 0. The molecule has 0 nitrogen and oxygen atoms in total. The van der Waals surface area contributed by atoms with Gasteiger partial charge in [-0.15, -0.1) is 0 Å². The molecule has 0 aromatic carbocycles. The predicted octanol–water partition coefficient (Wildman–Crippen LogP) is 12.0. The highest BCUT2D eigenvalue weighted by molar-refractivity contribution is 4.97. The fourth-order valence-corrected chi connectivity index (χ4v) is 11.1. The Hall–Kier alpha value is 0. The van der Waals surface area contributed by atoms with Gasteiger partial charge in [-0.05, 0) is 129 Å². The molecule has 0 amide bonds. The standard InChI is InChI=1S/C22H40.C15H28/c1-4-6-9-20-16(3)15-19-8-7-10-21(19)22(20)18-13-11-17(5-2)12-14-18;1-4-13-9-12(3)6-8-15(13)14-7-5-11(2)10-14/h16-22H,4-15H2,1-3H3;11-15H,4-10H2,1-3H3. The molecule has 5 rings (SSSR count). The maximum atomic E-state index is 2.61.